The van der Waals surface area contributed by atoms with Crippen LogP contribution in [0.5, 0.6) is 0 Å². The van der Waals surface area contributed by atoms with Crippen molar-refractivity contribution in [2.75, 3.05) is 12.3 Å². The SMILES string of the molecule is CCNC(c1cncnc1)C1CCCCS1. The molecule has 0 bridgehead atoms. The van der Waals surface area contributed by atoms with Gasteiger partial charge < -0.3 is 5.32 Å². The maximum Gasteiger partial charge on any atom is 0.115 e. The summed E-state index contributed by atoms with van der Waals surface area (Å²) in [4.78, 5) is 8.24. The highest BCUT2D eigenvalue weighted by atomic mass is 32.2. The largest absolute Gasteiger partial charge is 0.309 e. The van der Waals surface area contributed by atoms with Crippen molar-refractivity contribution in [1.82, 2.24) is 15.3 Å². The third kappa shape index (κ3) is 2.95. The average molecular weight is 237 g/mol. The Morgan fingerprint density at radius 2 is 2.25 bits per heavy atom. The highest BCUT2D eigenvalue weighted by Gasteiger charge is 2.25. The van der Waals surface area contributed by atoms with E-state index in [1.165, 1.54) is 30.6 Å². The van der Waals surface area contributed by atoms with Crippen molar-refractivity contribution < 1.29 is 0 Å². The van der Waals surface area contributed by atoms with Crippen LogP contribution >= 0.6 is 11.8 Å². The van der Waals surface area contributed by atoms with E-state index in [1.807, 2.05) is 12.4 Å². The van der Waals surface area contributed by atoms with Gasteiger partial charge in [-0.15, -0.1) is 0 Å². The van der Waals surface area contributed by atoms with Gasteiger partial charge in [-0.3, -0.25) is 0 Å². The molecule has 1 aromatic heterocycles. The molecule has 1 saturated heterocycles. The van der Waals surface area contributed by atoms with Crippen molar-refractivity contribution >= 4 is 11.8 Å². The zero-order valence-corrected chi connectivity index (χ0v) is 10.5. The first-order valence-electron chi connectivity index (χ1n) is 6.01. The molecule has 16 heavy (non-hydrogen) atoms. The summed E-state index contributed by atoms with van der Waals surface area (Å²) in [5.41, 5.74) is 1.23. The minimum absolute atomic E-state index is 0.413. The quantitative estimate of drug-likeness (QED) is 0.872. The van der Waals surface area contributed by atoms with Crippen LogP contribution in [0.15, 0.2) is 18.7 Å². The lowest BCUT2D eigenvalue weighted by Crippen LogP contribution is -2.31. The number of rotatable bonds is 4. The fourth-order valence-corrected chi connectivity index (χ4v) is 3.64. The molecule has 2 rings (SSSR count). The molecule has 0 radical (unpaired) electrons. The fourth-order valence-electron chi connectivity index (χ4n) is 2.18. The number of hydrogen-bond donors (Lipinski definition) is 1. The molecule has 0 aromatic carbocycles. The Labute approximate surface area is 101 Å². The lowest BCUT2D eigenvalue weighted by atomic mass is 10.0. The standard InChI is InChI=1S/C12H19N3S/c1-2-15-12(10-7-13-9-14-8-10)11-5-3-4-6-16-11/h7-9,11-12,15H,2-6H2,1H3. The van der Waals surface area contributed by atoms with Gasteiger partial charge in [-0.05, 0) is 25.1 Å². The second-order valence-electron chi connectivity index (χ2n) is 4.11. The van der Waals surface area contributed by atoms with Crippen molar-refractivity contribution in [3.8, 4) is 0 Å². The van der Waals surface area contributed by atoms with Crippen LogP contribution in [-0.4, -0.2) is 27.5 Å². The van der Waals surface area contributed by atoms with Gasteiger partial charge >= 0.3 is 0 Å². The molecule has 2 heterocycles. The number of aromatic nitrogens is 2. The summed E-state index contributed by atoms with van der Waals surface area (Å²) >= 11 is 2.09. The van der Waals surface area contributed by atoms with Gasteiger partial charge in [-0.2, -0.15) is 11.8 Å². The molecule has 2 atom stereocenters. The van der Waals surface area contributed by atoms with Crippen LogP contribution in [0.25, 0.3) is 0 Å². The van der Waals surface area contributed by atoms with Crippen LogP contribution in [0.4, 0.5) is 0 Å². The number of hydrogen-bond acceptors (Lipinski definition) is 4. The summed E-state index contributed by atoms with van der Waals surface area (Å²) in [5.74, 6) is 1.29. The first-order valence-corrected chi connectivity index (χ1v) is 7.06. The van der Waals surface area contributed by atoms with Gasteiger partial charge in [0.1, 0.15) is 6.33 Å². The molecule has 1 N–H and O–H groups in total. The highest BCUT2D eigenvalue weighted by Crippen LogP contribution is 2.34. The lowest BCUT2D eigenvalue weighted by Gasteiger charge is -2.30. The molecule has 2 unspecified atom stereocenters. The van der Waals surface area contributed by atoms with E-state index in [0.29, 0.717) is 11.3 Å². The monoisotopic (exact) mass is 237 g/mol. The second-order valence-corrected chi connectivity index (χ2v) is 5.46. The summed E-state index contributed by atoms with van der Waals surface area (Å²) in [5, 5.41) is 4.25. The molecule has 0 spiro atoms. The molecule has 1 aliphatic rings. The first-order chi connectivity index (χ1) is 7.92. The maximum absolute atomic E-state index is 4.12. The predicted octanol–water partition coefficient (Wildman–Crippen LogP) is 2.41. The average Bonchev–Trinajstić information content (AvgIpc) is 2.38. The topological polar surface area (TPSA) is 37.8 Å². The van der Waals surface area contributed by atoms with E-state index in [4.69, 9.17) is 0 Å². The van der Waals surface area contributed by atoms with Crippen LogP contribution < -0.4 is 5.32 Å². The summed E-state index contributed by atoms with van der Waals surface area (Å²) in [6, 6.07) is 0.413. The normalized spacial score (nSPS) is 22.9. The van der Waals surface area contributed by atoms with Crippen LogP contribution in [0.3, 0.4) is 0 Å². The Bertz CT molecular complexity index is 298. The third-order valence-electron chi connectivity index (χ3n) is 2.95. The Balaban J connectivity index is 2.09. The predicted molar refractivity (Wildman–Crippen MR) is 68.5 cm³/mol. The zero-order valence-electron chi connectivity index (χ0n) is 9.72. The van der Waals surface area contributed by atoms with Crippen molar-refractivity contribution in [1.29, 1.82) is 0 Å². The summed E-state index contributed by atoms with van der Waals surface area (Å²) < 4.78 is 0. The summed E-state index contributed by atoms with van der Waals surface area (Å²) in [7, 11) is 0. The molecule has 1 fully saturated rings. The van der Waals surface area contributed by atoms with Gasteiger partial charge in [0.2, 0.25) is 0 Å². The minimum atomic E-state index is 0.413. The van der Waals surface area contributed by atoms with Gasteiger partial charge in [0.05, 0.1) is 0 Å². The zero-order chi connectivity index (χ0) is 11.2. The van der Waals surface area contributed by atoms with E-state index in [0.717, 1.165) is 6.54 Å². The minimum Gasteiger partial charge on any atom is -0.309 e. The molecule has 1 aliphatic heterocycles. The Morgan fingerprint density at radius 3 is 2.88 bits per heavy atom. The van der Waals surface area contributed by atoms with E-state index in [9.17, 15) is 0 Å². The molecule has 88 valence electrons. The molecule has 1 aromatic rings. The van der Waals surface area contributed by atoms with Crippen molar-refractivity contribution in [2.45, 2.75) is 37.5 Å². The number of thioether (sulfide) groups is 1. The van der Waals surface area contributed by atoms with E-state index < -0.39 is 0 Å². The molecule has 3 nitrogen and oxygen atoms in total. The van der Waals surface area contributed by atoms with E-state index in [-0.39, 0.29) is 0 Å². The third-order valence-corrected chi connectivity index (χ3v) is 4.41. The van der Waals surface area contributed by atoms with Gasteiger partial charge in [0.25, 0.3) is 0 Å². The summed E-state index contributed by atoms with van der Waals surface area (Å²) in [6.07, 6.45) is 9.50. The molecule has 4 heteroatoms. The van der Waals surface area contributed by atoms with Crippen LogP contribution in [0.1, 0.15) is 37.8 Å². The summed E-state index contributed by atoms with van der Waals surface area (Å²) in [6.45, 7) is 3.15. The van der Waals surface area contributed by atoms with Crippen molar-refractivity contribution in [2.24, 2.45) is 0 Å². The highest BCUT2D eigenvalue weighted by molar-refractivity contribution is 8.00. The number of nitrogens with zero attached hydrogens (tertiary/aromatic N) is 2. The maximum atomic E-state index is 4.12. The Morgan fingerprint density at radius 1 is 1.44 bits per heavy atom. The number of nitrogens with one attached hydrogen (secondary N) is 1. The van der Waals surface area contributed by atoms with Crippen LogP contribution in [0.2, 0.25) is 0 Å². The Hall–Kier alpha value is -0.610. The van der Waals surface area contributed by atoms with Gasteiger partial charge in [-0.25, -0.2) is 9.97 Å². The Kier molecular flexibility index (Phi) is 4.60. The van der Waals surface area contributed by atoms with E-state index >= 15 is 0 Å². The van der Waals surface area contributed by atoms with Gasteiger partial charge in [0.15, 0.2) is 0 Å². The van der Waals surface area contributed by atoms with E-state index in [1.54, 1.807) is 6.33 Å². The first kappa shape index (κ1) is 11.9. The molecular formula is C12H19N3S. The van der Waals surface area contributed by atoms with Crippen molar-refractivity contribution in [3.05, 3.63) is 24.3 Å². The lowest BCUT2D eigenvalue weighted by molar-refractivity contribution is 0.489. The van der Waals surface area contributed by atoms with Gasteiger partial charge in [-0.1, -0.05) is 13.3 Å². The smallest absolute Gasteiger partial charge is 0.115 e. The fraction of sp³-hybridized carbons (Fsp3) is 0.667. The van der Waals surface area contributed by atoms with Crippen LogP contribution in [-0.2, 0) is 0 Å². The van der Waals surface area contributed by atoms with Gasteiger partial charge in [0, 0.05) is 29.2 Å². The molecule has 0 aliphatic carbocycles. The van der Waals surface area contributed by atoms with Crippen LogP contribution in [0, 0.1) is 0 Å². The molecule has 0 amide bonds. The van der Waals surface area contributed by atoms with Crippen molar-refractivity contribution in [3.63, 3.8) is 0 Å². The molecule has 0 saturated carbocycles. The molecular weight excluding hydrogens is 218 g/mol. The second kappa shape index (κ2) is 6.21. The van der Waals surface area contributed by atoms with E-state index in [2.05, 4.69) is 34.0 Å².